The Labute approximate surface area is 211 Å². The molecule has 188 valence electrons. The monoisotopic (exact) mass is 507 g/mol. The van der Waals surface area contributed by atoms with Gasteiger partial charge in [-0.1, -0.05) is 42.5 Å². The van der Waals surface area contributed by atoms with Crippen LogP contribution in [0.2, 0.25) is 0 Å². The van der Waals surface area contributed by atoms with Crippen molar-refractivity contribution in [2.45, 2.75) is 37.7 Å². The highest BCUT2D eigenvalue weighted by molar-refractivity contribution is 7.92. The van der Waals surface area contributed by atoms with Crippen LogP contribution in [0.15, 0.2) is 71.6 Å². The molecule has 0 fully saturated rings. The number of methoxy groups -OCH3 is 1. The highest BCUT2D eigenvalue weighted by atomic mass is 32.2. The molecule has 4 rings (SSSR count). The van der Waals surface area contributed by atoms with E-state index in [2.05, 4.69) is 0 Å². The predicted octanol–water partition coefficient (Wildman–Crippen LogP) is 5.39. The van der Waals surface area contributed by atoms with Gasteiger partial charge in [-0.25, -0.2) is 8.42 Å². The Morgan fingerprint density at radius 2 is 1.92 bits per heavy atom. The molecule has 0 aliphatic carbocycles. The molecular formula is C28H29NO6S. The summed E-state index contributed by atoms with van der Waals surface area (Å²) in [5.74, 6) is 0.196. The van der Waals surface area contributed by atoms with E-state index < -0.39 is 22.1 Å². The van der Waals surface area contributed by atoms with Gasteiger partial charge in [0, 0.05) is 12.0 Å². The number of allylic oxidation sites excluding steroid dienone is 1. The average Bonchev–Trinajstić information content (AvgIpc) is 2.86. The molecule has 0 unspecified atom stereocenters. The van der Waals surface area contributed by atoms with Crippen molar-refractivity contribution in [3.05, 3.63) is 83.4 Å². The van der Waals surface area contributed by atoms with Crippen LogP contribution >= 0.6 is 0 Å². The molecule has 0 amide bonds. The number of fused-ring (bicyclic) bond motifs is 1. The quantitative estimate of drug-likeness (QED) is 0.411. The van der Waals surface area contributed by atoms with Crippen LogP contribution in [0.25, 0.3) is 11.6 Å². The Hall–Kier alpha value is -3.78. The average molecular weight is 508 g/mol. The third-order valence-corrected chi connectivity index (χ3v) is 7.86. The molecule has 1 aliphatic heterocycles. The zero-order valence-electron chi connectivity index (χ0n) is 20.5. The molecule has 3 aromatic carbocycles. The summed E-state index contributed by atoms with van der Waals surface area (Å²) in [4.78, 5) is 11.3. The van der Waals surface area contributed by atoms with E-state index in [4.69, 9.17) is 14.6 Å². The number of carboxylic acid groups (broad SMARTS) is 1. The summed E-state index contributed by atoms with van der Waals surface area (Å²) in [5.41, 5.74) is 3.94. The summed E-state index contributed by atoms with van der Waals surface area (Å²) in [5, 5.41) is 9.12. The number of carboxylic acids is 1. The van der Waals surface area contributed by atoms with Gasteiger partial charge in [-0.2, -0.15) is 0 Å². The van der Waals surface area contributed by atoms with Crippen molar-refractivity contribution in [3.63, 3.8) is 0 Å². The molecule has 1 atom stereocenters. The van der Waals surface area contributed by atoms with E-state index in [-0.39, 0.29) is 24.3 Å². The lowest BCUT2D eigenvalue weighted by Gasteiger charge is -2.35. The fourth-order valence-corrected chi connectivity index (χ4v) is 5.89. The van der Waals surface area contributed by atoms with E-state index in [0.29, 0.717) is 11.4 Å². The number of hydrogen-bond donors (Lipinski definition) is 1. The van der Waals surface area contributed by atoms with E-state index in [9.17, 15) is 13.2 Å². The first-order valence-electron chi connectivity index (χ1n) is 11.6. The smallest absolute Gasteiger partial charge is 0.303 e. The number of hydrogen-bond acceptors (Lipinski definition) is 5. The molecule has 0 radical (unpaired) electrons. The van der Waals surface area contributed by atoms with Crippen molar-refractivity contribution >= 4 is 33.3 Å². The van der Waals surface area contributed by atoms with E-state index in [1.807, 2.05) is 56.3 Å². The molecule has 0 spiro atoms. The largest absolute Gasteiger partial charge is 0.496 e. The van der Waals surface area contributed by atoms with Gasteiger partial charge in [0.15, 0.2) is 0 Å². The summed E-state index contributed by atoms with van der Waals surface area (Å²) in [6.07, 6.45) is 1.47. The lowest BCUT2D eigenvalue weighted by molar-refractivity contribution is -0.137. The normalized spacial score (nSPS) is 15.7. The maximum atomic E-state index is 13.7. The van der Waals surface area contributed by atoms with Crippen LogP contribution < -0.4 is 13.8 Å². The van der Waals surface area contributed by atoms with Crippen molar-refractivity contribution in [3.8, 4) is 11.5 Å². The van der Waals surface area contributed by atoms with Gasteiger partial charge in [-0.15, -0.1) is 0 Å². The molecule has 3 aromatic rings. The third kappa shape index (κ3) is 5.39. The van der Waals surface area contributed by atoms with Crippen molar-refractivity contribution in [1.29, 1.82) is 0 Å². The van der Waals surface area contributed by atoms with Gasteiger partial charge in [0.05, 0.1) is 24.2 Å². The number of benzene rings is 3. The first kappa shape index (κ1) is 25.3. The summed E-state index contributed by atoms with van der Waals surface area (Å²) in [7, 11) is -2.29. The maximum Gasteiger partial charge on any atom is 0.303 e. The number of rotatable bonds is 8. The fourth-order valence-electron chi connectivity index (χ4n) is 4.28. The lowest BCUT2D eigenvalue weighted by Crippen LogP contribution is -2.43. The first-order valence-corrected chi connectivity index (χ1v) is 13.1. The van der Waals surface area contributed by atoms with Crippen LogP contribution in [-0.4, -0.2) is 39.3 Å². The van der Waals surface area contributed by atoms with Crippen LogP contribution in [0.3, 0.4) is 0 Å². The van der Waals surface area contributed by atoms with E-state index in [1.165, 1.54) is 4.31 Å². The Morgan fingerprint density at radius 3 is 2.64 bits per heavy atom. The highest BCUT2D eigenvalue weighted by Gasteiger charge is 2.35. The topological polar surface area (TPSA) is 93.1 Å². The fraction of sp³-hybridized carbons (Fsp3) is 0.250. The Morgan fingerprint density at radius 1 is 1.14 bits per heavy atom. The number of carbonyl (C=O) groups is 1. The molecule has 1 aliphatic rings. The minimum atomic E-state index is -3.91. The van der Waals surface area contributed by atoms with Crippen molar-refractivity contribution in [2.24, 2.45) is 0 Å². The van der Waals surface area contributed by atoms with Crippen LogP contribution in [0, 0.1) is 6.92 Å². The minimum absolute atomic E-state index is 0.0230. The molecule has 0 bridgehead atoms. The maximum absolute atomic E-state index is 13.7. The molecule has 0 saturated carbocycles. The number of aryl methyl sites for hydroxylation is 1. The summed E-state index contributed by atoms with van der Waals surface area (Å²) < 4.78 is 40.3. The number of sulfonamides is 1. The van der Waals surface area contributed by atoms with E-state index >= 15 is 0 Å². The van der Waals surface area contributed by atoms with Gasteiger partial charge in [0.25, 0.3) is 10.0 Å². The molecule has 0 saturated heterocycles. The second kappa shape index (κ2) is 10.5. The Kier molecular flexibility index (Phi) is 7.35. The van der Waals surface area contributed by atoms with Crippen LogP contribution in [0.4, 0.5) is 5.69 Å². The number of nitrogens with zero attached hydrogens (tertiary/aromatic N) is 1. The second-order valence-corrected chi connectivity index (χ2v) is 10.6. The lowest BCUT2D eigenvalue weighted by atomic mass is 10.0. The molecule has 1 heterocycles. The minimum Gasteiger partial charge on any atom is -0.496 e. The summed E-state index contributed by atoms with van der Waals surface area (Å²) in [6.45, 7) is 3.83. The van der Waals surface area contributed by atoms with Crippen molar-refractivity contribution in [2.75, 3.05) is 18.0 Å². The molecule has 8 heteroatoms. The number of anilines is 1. The SMILES string of the molecule is COc1ccccc1/C(C)=C/c1ccc2c(c1)N(S(=O)(=O)c1cccc(C)c1)C[C@H](CCC(=O)O)O2. The van der Waals surface area contributed by atoms with E-state index in [0.717, 1.165) is 28.0 Å². The number of para-hydroxylation sites is 1. The Bertz CT molecular complexity index is 1410. The molecule has 1 N–H and O–H groups in total. The van der Waals surface area contributed by atoms with Gasteiger partial charge in [0.1, 0.15) is 17.6 Å². The zero-order valence-corrected chi connectivity index (χ0v) is 21.3. The Balaban J connectivity index is 1.77. The highest BCUT2D eigenvalue weighted by Crippen LogP contribution is 2.39. The summed E-state index contributed by atoms with van der Waals surface area (Å²) in [6, 6.07) is 19.8. The van der Waals surface area contributed by atoms with Gasteiger partial charge in [-0.05, 0) is 67.3 Å². The van der Waals surface area contributed by atoms with Gasteiger partial charge >= 0.3 is 5.97 Å². The molecule has 0 aromatic heterocycles. The van der Waals surface area contributed by atoms with Gasteiger partial charge in [-0.3, -0.25) is 9.10 Å². The number of ether oxygens (including phenoxy) is 2. The van der Waals surface area contributed by atoms with Gasteiger partial charge in [0.2, 0.25) is 0 Å². The van der Waals surface area contributed by atoms with Crippen molar-refractivity contribution in [1.82, 2.24) is 0 Å². The standard InChI is InChI=1S/C28H29NO6S/c1-19-7-6-8-23(15-19)36(32,33)29-18-22(12-14-28(30)31)35-27-13-11-21(17-25(27)29)16-20(2)24-9-4-5-10-26(24)34-3/h4-11,13,15-17,22H,12,14,18H2,1-3H3,(H,30,31)/b20-16+/t22-/m0/s1. The third-order valence-electron chi connectivity index (χ3n) is 6.09. The molecule has 36 heavy (non-hydrogen) atoms. The summed E-state index contributed by atoms with van der Waals surface area (Å²) >= 11 is 0. The number of aliphatic carboxylic acids is 1. The van der Waals surface area contributed by atoms with E-state index in [1.54, 1.807) is 37.4 Å². The van der Waals surface area contributed by atoms with Gasteiger partial charge < -0.3 is 14.6 Å². The first-order chi connectivity index (χ1) is 17.2. The van der Waals surface area contributed by atoms with Crippen molar-refractivity contribution < 1.29 is 27.8 Å². The molecule has 7 nitrogen and oxygen atoms in total. The van der Waals surface area contributed by atoms with Crippen LogP contribution in [0.5, 0.6) is 11.5 Å². The second-order valence-electron chi connectivity index (χ2n) is 8.78. The zero-order chi connectivity index (χ0) is 25.9. The molecular weight excluding hydrogens is 478 g/mol. The van der Waals surface area contributed by atoms with Crippen LogP contribution in [-0.2, 0) is 14.8 Å². The van der Waals surface area contributed by atoms with Crippen LogP contribution in [0.1, 0.15) is 36.5 Å². The predicted molar refractivity (Wildman–Crippen MR) is 140 cm³/mol.